The van der Waals surface area contributed by atoms with Crippen LogP contribution < -0.4 is 10.6 Å². The third-order valence-electron chi connectivity index (χ3n) is 2.72. The second-order valence-corrected chi connectivity index (χ2v) is 5.04. The molecule has 0 radical (unpaired) electrons. The summed E-state index contributed by atoms with van der Waals surface area (Å²) in [5.74, 6) is -0.804. The van der Waals surface area contributed by atoms with Gasteiger partial charge in [0.05, 0.1) is 0 Å². The van der Waals surface area contributed by atoms with E-state index in [1.165, 1.54) is 0 Å². The third-order valence-corrected chi connectivity index (χ3v) is 2.72. The maximum Gasteiger partial charge on any atom is 0.326 e. The maximum atomic E-state index is 11.6. The zero-order valence-corrected chi connectivity index (χ0v) is 11.9. The molecule has 0 spiro atoms. The lowest BCUT2D eigenvalue weighted by molar-refractivity contribution is -0.139. The zero-order valence-electron chi connectivity index (χ0n) is 11.9. The summed E-state index contributed by atoms with van der Waals surface area (Å²) in [6.07, 6.45) is 4.69. The third kappa shape index (κ3) is 6.21. The molecule has 0 saturated carbocycles. The Labute approximate surface area is 118 Å². The number of carbonyl (C=O) groups excluding carboxylic acids is 1. The molecule has 1 heterocycles. The Morgan fingerprint density at radius 2 is 2.15 bits per heavy atom. The highest BCUT2D eigenvalue weighted by molar-refractivity contribution is 5.82. The van der Waals surface area contributed by atoms with E-state index in [0.717, 1.165) is 6.42 Å². The fraction of sp³-hybridized carbons (Fsp3) is 0.615. The van der Waals surface area contributed by atoms with Crippen LogP contribution in [0.25, 0.3) is 0 Å². The molecule has 112 valence electrons. The Kier molecular flexibility index (Phi) is 6.55. The molecule has 2 amide bonds. The Balaban J connectivity index is 2.22. The largest absolute Gasteiger partial charge is 0.480 e. The number of aryl methyl sites for hydroxylation is 1. The molecule has 3 N–H and O–H groups in total. The first-order valence-corrected chi connectivity index (χ1v) is 6.73. The van der Waals surface area contributed by atoms with E-state index in [1.54, 1.807) is 10.9 Å². The molecule has 7 nitrogen and oxygen atoms in total. The molecule has 0 saturated heterocycles. The molecular weight excluding hydrogens is 260 g/mol. The number of rotatable bonds is 8. The van der Waals surface area contributed by atoms with E-state index in [4.69, 9.17) is 5.11 Å². The van der Waals surface area contributed by atoms with Crippen molar-refractivity contribution in [3.63, 3.8) is 0 Å². The van der Waals surface area contributed by atoms with Crippen molar-refractivity contribution in [1.82, 2.24) is 20.4 Å². The second kappa shape index (κ2) is 8.19. The minimum Gasteiger partial charge on any atom is -0.480 e. The lowest BCUT2D eigenvalue weighted by atomic mass is 10.0. The number of aliphatic carboxylic acids is 1. The number of amides is 2. The zero-order chi connectivity index (χ0) is 15.0. The minimum atomic E-state index is -1.01. The van der Waals surface area contributed by atoms with Gasteiger partial charge in [0, 0.05) is 25.5 Å². The van der Waals surface area contributed by atoms with Crippen LogP contribution in [0.15, 0.2) is 18.5 Å². The predicted octanol–water partition coefficient (Wildman–Crippen LogP) is 1.07. The lowest BCUT2D eigenvalue weighted by Gasteiger charge is -2.16. The van der Waals surface area contributed by atoms with Crippen molar-refractivity contribution in [1.29, 1.82) is 0 Å². The summed E-state index contributed by atoms with van der Waals surface area (Å²) < 4.78 is 1.78. The number of hydrogen-bond acceptors (Lipinski definition) is 3. The number of nitrogens with one attached hydrogen (secondary N) is 2. The summed E-state index contributed by atoms with van der Waals surface area (Å²) in [7, 11) is 0. The summed E-state index contributed by atoms with van der Waals surface area (Å²) in [6.45, 7) is 5.01. The van der Waals surface area contributed by atoms with E-state index in [-0.39, 0.29) is 5.92 Å². The van der Waals surface area contributed by atoms with E-state index in [0.29, 0.717) is 19.5 Å². The van der Waals surface area contributed by atoms with E-state index >= 15 is 0 Å². The number of hydrogen-bond donors (Lipinski definition) is 3. The minimum absolute atomic E-state index is 0.205. The number of carboxylic acid groups (broad SMARTS) is 1. The SMILES string of the molecule is CC(C)CC(NC(=O)NCCCn1cccn1)C(=O)O. The monoisotopic (exact) mass is 282 g/mol. The molecule has 7 heteroatoms. The molecule has 0 aromatic carbocycles. The molecule has 1 atom stereocenters. The van der Waals surface area contributed by atoms with E-state index in [2.05, 4.69) is 15.7 Å². The number of urea groups is 1. The summed E-state index contributed by atoms with van der Waals surface area (Å²) in [5.41, 5.74) is 0. The quantitative estimate of drug-likeness (QED) is 0.621. The van der Waals surface area contributed by atoms with Crippen molar-refractivity contribution in [2.24, 2.45) is 5.92 Å². The molecule has 20 heavy (non-hydrogen) atoms. The van der Waals surface area contributed by atoms with Crippen LogP contribution in [-0.2, 0) is 11.3 Å². The Hall–Kier alpha value is -2.05. The van der Waals surface area contributed by atoms with Crippen LogP contribution in [0.1, 0.15) is 26.7 Å². The smallest absolute Gasteiger partial charge is 0.326 e. The number of carboxylic acids is 1. The van der Waals surface area contributed by atoms with Crippen molar-refractivity contribution < 1.29 is 14.7 Å². The standard InChI is InChI=1S/C13H22N4O3/c1-10(2)9-11(12(18)19)16-13(20)14-5-3-7-17-8-4-6-15-17/h4,6,8,10-11H,3,5,7,9H2,1-2H3,(H,18,19)(H2,14,16,20). The Morgan fingerprint density at radius 3 is 2.70 bits per heavy atom. The van der Waals surface area contributed by atoms with Gasteiger partial charge in [-0.2, -0.15) is 5.10 Å². The lowest BCUT2D eigenvalue weighted by Crippen LogP contribution is -2.46. The van der Waals surface area contributed by atoms with Gasteiger partial charge in [-0.1, -0.05) is 13.8 Å². The number of nitrogens with zero attached hydrogens (tertiary/aromatic N) is 2. The Bertz CT molecular complexity index is 417. The molecule has 1 aromatic heterocycles. The topological polar surface area (TPSA) is 96.3 Å². The molecule has 0 aliphatic rings. The van der Waals surface area contributed by atoms with Gasteiger partial charge in [-0.15, -0.1) is 0 Å². The van der Waals surface area contributed by atoms with Crippen LogP contribution in [0.2, 0.25) is 0 Å². The summed E-state index contributed by atoms with van der Waals surface area (Å²) >= 11 is 0. The molecule has 0 fully saturated rings. The molecule has 1 unspecified atom stereocenters. The Morgan fingerprint density at radius 1 is 1.40 bits per heavy atom. The number of aromatic nitrogens is 2. The van der Waals surface area contributed by atoms with Gasteiger partial charge < -0.3 is 15.7 Å². The van der Waals surface area contributed by atoms with Gasteiger partial charge in [-0.3, -0.25) is 4.68 Å². The average molecular weight is 282 g/mol. The molecule has 0 aliphatic carbocycles. The molecule has 1 rings (SSSR count). The van der Waals surface area contributed by atoms with Crippen LogP contribution in [-0.4, -0.2) is 39.5 Å². The average Bonchev–Trinajstić information content (AvgIpc) is 2.86. The first kappa shape index (κ1) is 16.0. The highest BCUT2D eigenvalue weighted by Crippen LogP contribution is 2.04. The summed E-state index contributed by atoms with van der Waals surface area (Å²) in [4.78, 5) is 22.6. The van der Waals surface area contributed by atoms with Crippen molar-refractivity contribution in [2.75, 3.05) is 6.54 Å². The van der Waals surface area contributed by atoms with E-state index in [1.807, 2.05) is 26.1 Å². The van der Waals surface area contributed by atoms with Crippen molar-refractivity contribution in [3.05, 3.63) is 18.5 Å². The molecule has 1 aromatic rings. The van der Waals surface area contributed by atoms with Gasteiger partial charge in [0.2, 0.25) is 0 Å². The molecule has 0 bridgehead atoms. The summed E-state index contributed by atoms with van der Waals surface area (Å²) in [5, 5.41) is 18.2. The van der Waals surface area contributed by atoms with Crippen LogP contribution in [0.4, 0.5) is 4.79 Å². The predicted molar refractivity (Wildman–Crippen MR) is 74.3 cm³/mol. The van der Waals surface area contributed by atoms with Gasteiger partial charge in [-0.05, 0) is 24.8 Å². The second-order valence-electron chi connectivity index (χ2n) is 5.04. The maximum absolute atomic E-state index is 11.6. The van der Waals surface area contributed by atoms with E-state index in [9.17, 15) is 9.59 Å². The first-order valence-electron chi connectivity index (χ1n) is 6.73. The van der Waals surface area contributed by atoms with E-state index < -0.39 is 18.0 Å². The normalized spacial score (nSPS) is 12.2. The van der Waals surface area contributed by atoms with Crippen molar-refractivity contribution >= 4 is 12.0 Å². The van der Waals surface area contributed by atoms with Crippen molar-refractivity contribution in [3.8, 4) is 0 Å². The van der Waals surface area contributed by atoms with Gasteiger partial charge in [0.15, 0.2) is 0 Å². The molecular formula is C13H22N4O3. The number of carbonyl (C=O) groups is 2. The van der Waals surface area contributed by atoms with Crippen LogP contribution in [0.3, 0.4) is 0 Å². The van der Waals surface area contributed by atoms with Crippen LogP contribution >= 0.6 is 0 Å². The van der Waals surface area contributed by atoms with Crippen LogP contribution in [0, 0.1) is 5.92 Å². The van der Waals surface area contributed by atoms with Crippen molar-refractivity contribution in [2.45, 2.75) is 39.3 Å². The first-order chi connectivity index (χ1) is 9.49. The van der Waals surface area contributed by atoms with Gasteiger partial charge in [0.1, 0.15) is 6.04 Å². The fourth-order valence-electron chi connectivity index (χ4n) is 1.78. The van der Waals surface area contributed by atoms with Gasteiger partial charge in [-0.25, -0.2) is 9.59 Å². The van der Waals surface area contributed by atoms with Gasteiger partial charge >= 0.3 is 12.0 Å². The fourth-order valence-corrected chi connectivity index (χ4v) is 1.78. The van der Waals surface area contributed by atoms with Gasteiger partial charge in [0.25, 0.3) is 0 Å². The van der Waals surface area contributed by atoms with Crippen LogP contribution in [0.5, 0.6) is 0 Å². The molecule has 0 aliphatic heterocycles. The highest BCUT2D eigenvalue weighted by Gasteiger charge is 2.20. The summed E-state index contributed by atoms with van der Waals surface area (Å²) in [6, 6.07) is 0.545. The highest BCUT2D eigenvalue weighted by atomic mass is 16.4.